The second-order valence-electron chi connectivity index (χ2n) is 3.67. The van der Waals surface area contributed by atoms with E-state index in [9.17, 15) is 0 Å². The summed E-state index contributed by atoms with van der Waals surface area (Å²) in [6.07, 6.45) is 4.01. The van der Waals surface area contributed by atoms with E-state index in [-0.39, 0.29) is 0 Å². The van der Waals surface area contributed by atoms with Crippen LogP contribution >= 0.6 is 0 Å². The number of allylic oxidation sites excluding steroid dienone is 1. The van der Waals surface area contributed by atoms with Crippen molar-refractivity contribution in [3.63, 3.8) is 0 Å². The molecule has 1 N–H and O–H groups in total. The monoisotopic (exact) mass is 190 g/mol. The minimum atomic E-state index is 0.312. The molecule has 1 rings (SSSR count). The Morgan fingerprint density at radius 1 is 1.50 bits per heavy atom. The van der Waals surface area contributed by atoms with Crippen LogP contribution < -0.4 is 5.32 Å². The van der Waals surface area contributed by atoms with Gasteiger partial charge < -0.3 is 5.32 Å². The van der Waals surface area contributed by atoms with E-state index < -0.39 is 0 Å². The van der Waals surface area contributed by atoms with Crippen LogP contribution in [0.5, 0.6) is 0 Å². The number of hydrogen-bond donors (Lipinski definition) is 1. The minimum Gasteiger partial charge on any atom is -0.305 e. The van der Waals surface area contributed by atoms with Gasteiger partial charge in [0.15, 0.2) is 0 Å². The molecule has 0 saturated carbocycles. The van der Waals surface area contributed by atoms with Gasteiger partial charge in [-0.15, -0.1) is 0 Å². The average molecular weight is 190 g/mol. The Balaban J connectivity index is 2.43. The van der Waals surface area contributed by atoms with Crippen molar-refractivity contribution in [2.24, 2.45) is 0 Å². The Bertz CT molecular complexity index is 286. The van der Waals surface area contributed by atoms with Crippen LogP contribution in [0.1, 0.15) is 32.5 Å². The lowest BCUT2D eigenvalue weighted by Crippen LogP contribution is -2.19. The molecule has 0 radical (unpaired) electrons. The lowest BCUT2D eigenvalue weighted by atomic mass is 10.2. The van der Waals surface area contributed by atoms with E-state index in [0.29, 0.717) is 6.04 Å². The van der Waals surface area contributed by atoms with Gasteiger partial charge >= 0.3 is 0 Å². The van der Waals surface area contributed by atoms with Crippen LogP contribution in [0.15, 0.2) is 36.0 Å². The van der Waals surface area contributed by atoms with E-state index in [1.54, 1.807) is 0 Å². The van der Waals surface area contributed by atoms with Crippen molar-refractivity contribution in [1.29, 1.82) is 0 Å². The van der Waals surface area contributed by atoms with E-state index >= 15 is 0 Å². The quantitative estimate of drug-likeness (QED) is 0.738. The highest BCUT2D eigenvalue weighted by molar-refractivity contribution is 5.08. The molecule has 0 aliphatic heterocycles. The molecule has 2 nitrogen and oxygen atoms in total. The van der Waals surface area contributed by atoms with Gasteiger partial charge in [-0.3, -0.25) is 4.98 Å². The number of aromatic nitrogens is 1. The molecular weight excluding hydrogens is 172 g/mol. The molecule has 0 aliphatic carbocycles. The number of nitrogens with one attached hydrogen (secondary N) is 1. The Labute approximate surface area is 86.1 Å². The summed E-state index contributed by atoms with van der Waals surface area (Å²) in [6.45, 7) is 7.24. The molecule has 0 amide bonds. The fraction of sp³-hybridized carbons (Fsp3) is 0.417. The van der Waals surface area contributed by atoms with Crippen molar-refractivity contribution in [1.82, 2.24) is 10.3 Å². The number of pyridine rings is 1. The van der Waals surface area contributed by atoms with Crippen LogP contribution in [0, 0.1) is 0 Å². The number of rotatable bonds is 4. The molecule has 0 fully saturated rings. The predicted molar refractivity (Wildman–Crippen MR) is 60.1 cm³/mol. The second-order valence-corrected chi connectivity index (χ2v) is 3.67. The second kappa shape index (κ2) is 5.55. The summed E-state index contributed by atoms with van der Waals surface area (Å²) in [5.41, 5.74) is 2.43. The zero-order valence-corrected chi connectivity index (χ0v) is 9.12. The van der Waals surface area contributed by atoms with Gasteiger partial charge in [0.05, 0.1) is 5.69 Å². The molecule has 1 heterocycles. The maximum Gasteiger partial charge on any atom is 0.0570 e. The third-order valence-corrected chi connectivity index (χ3v) is 2.07. The van der Waals surface area contributed by atoms with Crippen molar-refractivity contribution in [2.75, 3.05) is 6.54 Å². The molecule has 1 atom stereocenters. The zero-order valence-electron chi connectivity index (χ0n) is 9.12. The highest BCUT2D eigenvalue weighted by Gasteiger charge is 2.02. The maximum atomic E-state index is 4.29. The van der Waals surface area contributed by atoms with Gasteiger partial charge in [-0.2, -0.15) is 0 Å². The Morgan fingerprint density at radius 2 is 2.29 bits per heavy atom. The van der Waals surface area contributed by atoms with E-state index in [2.05, 4.69) is 37.1 Å². The van der Waals surface area contributed by atoms with Gasteiger partial charge in [0.25, 0.3) is 0 Å². The van der Waals surface area contributed by atoms with Crippen molar-refractivity contribution in [3.8, 4) is 0 Å². The van der Waals surface area contributed by atoms with Crippen molar-refractivity contribution in [2.45, 2.75) is 26.8 Å². The normalized spacial score (nSPS) is 12.2. The van der Waals surface area contributed by atoms with Crippen LogP contribution in [0.4, 0.5) is 0 Å². The lowest BCUT2D eigenvalue weighted by Gasteiger charge is -2.11. The molecule has 1 aromatic rings. The summed E-state index contributed by atoms with van der Waals surface area (Å²) >= 11 is 0. The highest BCUT2D eigenvalue weighted by atomic mass is 14.9. The first-order chi connectivity index (χ1) is 6.70. The van der Waals surface area contributed by atoms with E-state index in [1.807, 2.05) is 24.4 Å². The molecule has 0 aliphatic rings. The van der Waals surface area contributed by atoms with Gasteiger partial charge in [0.2, 0.25) is 0 Å². The fourth-order valence-corrected chi connectivity index (χ4v) is 1.18. The molecule has 0 aromatic carbocycles. The third kappa shape index (κ3) is 3.71. The van der Waals surface area contributed by atoms with Crippen LogP contribution in [-0.4, -0.2) is 11.5 Å². The molecule has 0 unspecified atom stereocenters. The molecule has 1 aromatic heterocycles. The topological polar surface area (TPSA) is 24.9 Å². The number of hydrogen-bond acceptors (Lipinski definition) is 2. The Morgan fingerprint density at radius 3 is 2.86 bits per heavy atom. The van der Waals surface area contributed by atoms with Crippen molar-refractivity contribution < 1.29 is 0 Å². The van der Waals surface area contributed by atoms with Crippen LogP contribution in [0.25, 0.3) is 0 Å². The van der Waals surface area contributed by atoms with Gasteiger partial charge in [-0.05, 0) is 32.9 Å². The molecule has 14 heavy (non-hydrogen) atoms. The van der Waals surface area contributed by atoms with Gasteiger partial charge in [0.1, 0.15) is 0 Å². The molecule has 0 spiro atoms. The minimum absolute atomic E-state index is 0.312. The molecular formula is C12H18N2. The molecule has 2 heteroatoms. The van der Waals surface area contributed by atoms with E-state index in [1.165, 1.54) is 5.57 Å². The zero-order chi connectivity index (χ0) is 10.4. The fourth-order valence-electron chi connectivity index (χ4n) is 1.18. The van der Waals surface area contributed by atoms with Gasteiger partial charge in [-0.1, -0.05) is 17.7 Å². The first kappa shape index (κ1) is 10.9. The van der Waals surface area contributed by atoms with E-state index in [0.717, 1.165) is 12.2 Å². The summed E-state index contributed by atoms with van der Waals surface area (Å²) in [4.78, 5) is 4.29. The van der Waals surface area contributed by atoms with Crippen LogP contribution in [0.3, 0.4) is 0 Å². The lowest BCUT2D eigenvalue weighted by molar-refractivity contribution is 0.600. The van der Waals surface area contributed by atoms with Crippen LogP contribution in [0.2, 0.25) is 0 Å². The highest BCUT2D eigenvalue weighted by Crippen LogP contribution is 2.07. The largest absolute Gasteiger partial charge is 0.305 e. The number of nitrogens with zero attached hydrogens (tertiary/aromatic N) is 1. The van der Waals surface area contributed by atoms with Gasteiger partial charge in [-0.25, -0.2) is 0 Å². The summed E-state index contributed by atoms with van der Waals surface area (Å²) in [5, 5.41) is 3.39. The molecule has 76 valence electrons. The maximum absolute atomic E-state index is 4.29. The predicted octanol–water partition coefficient (Wildman–Crippen LogP) is 2.70. The Hall–Kier alpha value is -1.15. The first-order valence-corrected chi connectivity index (χ1v) is 4.98. The van der Waals surface area contributed by atoms with Crippen LogP contribution in [-0.2, 0) is 0 Å². The van der Waals surface area contributed by atoms with Crippen molar-refractivity contribution in [3.05, 3.63) is 41.7 Å². The van der Waals surface area contributed by atoms with Gasteiger partial charge in [0, 0.05) is 18.8 Å². The summed E-state index contributed by atoms with van der Waals surface area (Å²) in [7, 11) is 0. The third-order valence-electron chi connectivity index (χ3n) is 2.07. The van der Waals surface area contributed by atoms with Crippen molar-refractivity contribution >= 4 is 0 Å². The summed E-state index contributed by atoms with van der Waals surface area (Å²) < 4.78 is 0. The molecule has 0 bridgehead atoms. The summed E-state index contributed by atoms with van der Waals surface area (Å²) in [6, 6.07) is 6.31. The summed E-state index contributed by atoms with van der Waals surface area (Å²) in [5.74, 6) is 0. The smallest absolute Gasteiger partial charge is 0.0570 e. The standard InChI is InChI=1S/C12H18N2/c1-10(2)7-9-13-11(3)12-6-4-5-8-14-12/h4-8,11,13H,9H2,1-3H3/t11-/m0/s1. The Kier molecular flexibility index (Phi) is 4.33. The van der Waals surface area contributed by atoms with E-state index in [4.69, 9.17) is 0 Å². The molecule has 0 saturated heterocycles. The SMILES string of the molecule is CC(C)=CCN[C@@H](C)c1ccccn1. The average Bonchev–Trinajstić information content (AvgIpc) is 2.18. The first-order valence-electron chi connectivity index (χ1n) is 4.98.